The molecule has 2 aromatic carbocycles. The lowest BCUT2D eigenvalue weighted by Gasteiger charge is -2.33. The van der Waals surface area contributed by atoms with Crippen LogP contribution in [0.1, 0.15) is 24.0 Å². The molecule has 6 nitrogen and oxygen atoms in total. The molecule has 1 atom stereocenters. The molecule has 0 aliphatic carbocycles. The molecule has 1 aromatic heterocycles. The van der Waals surface area contributed by atoms with Gasteiger partial charge in [-0.2, -0.15) is 0 Å². The number of halogens is 1. The van der Waals surface area contributed by atoms with Crippen LogP contribution in [0.25, 0.3) is 0 Å². The second kappa shape index (κ2) is 9.92. The first-order valence-corrected chi connectivity index (χ1v) is 11.2. The first kappa shape index (κ1) is 21.3. The Hall–Kier alpha value is -2.93. The fourth-order valence-electron chi connectivity index (χ4n) is 3.70. The monoisotopic (exact) mass is 480 g/mol. The SMILES string of the molecule is Cc1ccccc1Oc1nccnc1N1CCC[C@@H](C(=O)NCc2ccc(Br)cc2)C1. The summed E-state index contributed by atoms with van der Waals surface area (Å²) >= 11 is 3.43. The van der Waals surface area contributed by atoms with E-state index in [1.807, 2.05) is 55.5 Å². The van der Waals surface area contributed by atoms with Crippen LogP contribution in [0.3, 0.4) is 0 Å². The van der Waals surface area contributed by atoms with Crippen molar-refractivity contribution in [2.45, 2.75) is 26.3 Å². The van der Waals surface area contributed by atoms with Gasteiger partial charge in [0.05, 0.1) is 5.92 Å². The Morgan fingerprint density at radius 1 is 1.16 bits per heavy atom. The molecule has 2 heterocycles. The van der Waals surface area contributed by atoms with Gasteiger partial charge in [0.25, 0.3) is 5.88 Å². The van der Waals surface area contributed by atoms with Gasteiger partial charge in [-0.05, 0) is 49.1 Å². The topological polar surface area (TPSA) is 67.4 Å². The smallest absolute Gasteiger partial charge is 0.263 e. The van der Waals surface area contributed by atoms with Gasteiger partial charge in [0.2, 0.25) is 5.91 Å². The van der Waals surface area contributed by atoms with Crippen molar-refractivity contribution in [1.82, 2.24) is 15.3 Å². The number of hydrogen-bond acceptors (Lipinski definition) is 5. The number of anilines is 1. The third kappa shape index (κ3) is 5.41. The van der Waals surface area contributed by atoms with Gasteiger partial charge in [-0.3, -0.25) is 4.79 Å². The van der Waals surface area contributed by atoms with Crippen molar-refractivity contribution in [1.29, 1.82) is 0 Å². The Labute approximate surface area is 190 Å². The van der Waals surface area contributed by atoms with Crippen molar-refractivity contribution in [3.63, 3.8) is 0 Å². The van der Waals surface area contributed by atoms with Crippen molar-refractivity contribution in [2.24, 2.45) is 5.92 Å². The minimum atomic E-state index is -0.0995. The van der Waals surface area contributed by atoms with Crippen molar-refractivity contribution < 1.29 is 9.53 Å². The third-order valence-electron chi connectivity index (χ3n) is 5.42. The Morgan fingerprint density at radius 2 is 1.94 bits per heavy atom. The number of hydrogen-bond donors (Lipinski definition) is 1. The van der Waals surface area contributed by atoms with Gasteiger partial charge in [0.15, 0.2) is 5.82 Å². The third-order valence-corrected chi connectivity index (χ3v) is 5.95. The van der Waals surface area contributed by atoms with Crippen LogP contribution in [0.4, 0.5) is 5.82 Å². The Balaban J connectivity index is 1.43. The van der Waals surface area contributed by atoms with E-state index in [2.05, 4.69) is 36.1 Å². The summed E-state index contributed by atoms with van der Waals surface area (Å²) in [5.74, 6) is 1.87. The summed E-state index contributed by atoms with van der Waals surface area (Å²) in [5.41, 5.74) is 2.11. The van der Waals surface area contributed by atoms with E-state index in [-0.39, 0.29) is 11.8 Å². The molecule has 31 heavy (non-hydrogen) atoms. The van der Waals surface area contributed by atoms with Crippen LogP contribution in [0.5, 0.6) is 11.6 Å². The zero-order valence-electron chi connectivity index (χ0n) is 17.4. The molecule has 1 amide bonds. The second-order valence-electron chi connectivity index (χ2n) is 7.68. The summed E-state index contributed by atoms with van der Waals surface area (Å²) in [6.45, 7) is 3.93. The summed E-state index contributed by atoms with van der Waals surface area (Å²) < 4.78 is 7.11. The van der Waals surface area contributed by atoms with E-state index in [1.165, 1.54) is 0 Å². The van der Waals surface area contributed by atoms with Crippen LogP contribution in [0, 0.1) is 12.8 Å². The maximum absolute atomic E-state index is 12.8. The van der Waals surface area contributed by atoms with E-state index in [4.69, 9.17) is 4.74 Å². The first-order chi connectivity index (χ1) is 15.1. The number of para-hydroxylation sites is 1. The number of aryl methyl sites for hydroxylation is 1. The largest absolute Gasteiger partial charge is 0.436 e. The van der Waals surface area contributed by atoms with Crippen molar-refractivity contribution in [3.8, 4) is 11.6 Å². The van der Waals surface area contributed by atoms with E-state index < -0.39 is 0 Å². The van der Waals surface area contributed by atoms with E-state index in [0.717, 1.165) is 40.7 Å². The van der Waals surface area contributed by atoms with Gasteiger partial charge in [-0.1, -0.05) is 46.3 Å². The molecule has 0 bridgehead atoms. The molecule has 4 rings (SSSR count). The van der Waals surface area contributed by atoms with Crippen LogP contribution >= 0.6 is 15.9 Å². The van der Waals surface area contributed by atoms with E-state index in [1.54, 1.807) is 12.4 Å². The van der Waals surface area contributed by atoms with Gasteiger partial charge in [0, 0.05) is 36.5 Å². The molecule has 160 valence electrons. The summed E-state index contributed by atoms with van der Waals surface area (Å²) in [4.78, 5) is 23.9. The normalized spacial score (nSPS) is 16.1. The number of carbonyl (C=O) groups excluding carboxylic acids is 1. The molecular formula is C24H25BrN4O2. The highest BCUT2D eigenvalue weighted by Gasteiger charge is 2.28. The van der Waals surface area contributed by atoms with Crippen molar-refractivity contribution >= 4 is 27.7 Å². The molecule has 1 N–H and O–H groups in total. The van der Waals surface area contributed by atoms with Crippen molar-refractivity contribution in [2.75, 3.05) is 18.0 Å². The minimum absolute atomic E-state index is 0.0675. The van der Waals surface area contributed by atoms with Gasteiger partial charge in [-0.15, -0.1) is 0 Å². The van der Waals surface area contributed by atoms with Gasteiger partial charge in [0.1, 0.15) is 5.75 Å². The maximum Gasteiger partial charge on any atom is 0.263 e. The summed E-state index contributed by atoms with van der Waals surface area (Å²) in [5, 5.41) is 3.07. The van der Waals surface area contributed by atoms with Crippen LogP contribution < -0.4 is 15.0 Å². The zero-order chi connectivity index (χ0) is 21.6. The first-order valence-electron chi connectivity index (χ1n) is 10.4. The number of piperidine rings is 1. The van der Waals surface area contributed by atoms with Crippen LogP contribution in [0.2, 0.25) is 0 Å². The minimum Gasteiger partial charge on any atom is -0.436 e. The molecular weight excluding hydrogens is 456 g/mol. The fourth-order valence-corrected chi connectivity index (χ4v) is 3.97. The molecule has 0 saturated carbocycles. The average molecular weight is 481 g/mol. The number of rotatable bonds is 6. The lowest BCUT2D eigenvalue weighted by atomic mass is 9.97. The van der Waals surface area contributed by atoms with Crippen LogP contribution in [0.15, 0.2) is 65.4 Å². The fraction of sp³-hybridized carbons (Fsp3) is 0.292. The Morgan fingerprint density at radius 3 is 2.74 bits per heavy atom. The average Bonchev–Trinajstić information content (AvgIpc) is 2.80. The molecule has 1 fully saturated rings. The van der Waals surface area contributed by atoms with Gasteiger partial charge in [-0.25, -0.2) is 9.97 Å². The predicted molar refractivity (Wildman–Crippen MR) is 124 cm³/mol. The highest BCUT2D eigenvalue weighted by Crippen LogP contribution is 2.32. The molecule has 0 spiro atoms. The standard InChI is InChI=1S/C24H25BrN4O2/c1-17-5-2-3-7-21(17)31-24-22(26-12-13-27-24)29-14-4-6-19(16-29)23(30)28-15-18-8-10-20(25)11-9-18/h2-3,5,7-13,19H,4,6,14-16H2,1H3,(H,28,30)/t19-/m1/s1. The summed E-state index contributed by atoms with van der Waals surface area (Å²) in [6.07, 6.45) is 5.06. The number of carbonyl (C=O) groups is 1. The van der Waals surface area contributed by atoms with E-state index >= 15 is 0 Å². The quantitative estimate of drug-likeness (QED) is 0.544. The maximum atomic E-state index is 12.8. The summed E-state index contributed by atoms with van der Waals surface area (Å²) in [6, 6.07) is 15.8. The molecule has 1 aliphatic rings. The summed E-state index contributed by atoms with van der Waals surface area (Å²) in [7, 11) is 0. The molecule has 1 aliphatic heterocycles. The molecule has 0 radical (unpaired) electrons. The predicted octanol–water partition coefficient (Wildman–Crippen LogP) is 4.87. The number of ether oxygens (including phenoxy) is 1. The van der Waals surface area contributed by atoms with E-state index in [9.17, 15) is 4.79 Å². The molecule has 3 aromatic rings. The number of nitrogens with zero attached hydrogens (tertiary/aromatic N) is 3. The van der Waals surface area contributed by atoms with Gasteiger partial charge >= 0.3 is 0 Å². The van der Waals surface area contributed by atoms with Crippen molar-refractivity contribution in [3.05, 3.63) is 76.5 Å². The highest BCUT2D eigenvalue weighted by atomic mass is 79.9. The lowest BCUT2D eigenvalue weighted by molar-refractivity contribution is -0.125. The van der Waals surface area contributed by atoms with E-state index in [0.29, 0.717) is 24.8 Å². The number of nitrogens with one attached hydrogen (secondary N) is 1. The Kier molecular flexibility index (Phi) is 6.82. The molecule has 1 saturated heterocycles. The number of aromatic nitrogens is 2. The highest BCUT2D eigenvalue weighted by molar-refractivity contribution is 9.10. The number of benzene rings is 2. The van der Waals surface area contributed by atoms with Gasteiger partial charge < -0.3 is 15.0 Å². The second-order valence-corrected chi connectivity index (χ2v) is 8.60. The molecule has 0 unspecified atom stereocenters. The van der Waals surface area contributed by atoms with Crippen LogP contribution in [-0.2, 0) is 11.3 Å². The number of amides is 1. The lowest BCUT2D eigenvalue weighted by Crippen LogP contribution is -2.43. The zero-order valence-corrected chi connectivity index (χ0v) is 19.0. The molecule has 7 heteroatoms. The van der Waals surface area contributed by atoms with Crippen LogP contribution in [-0.4, -0.2) is 29.0 Å². The Bertz CT molecular complexity index is 1040.